The van der Waals surface area contributed by atoms with Gasteiger partial charge in [-0.05, 0) is 20.8 Å². The molecule has 0 aliphatic carbocycles. The van der Waals surface area contributed by atoms with Gasteiger partial charge < -0.3 is 10.2 Å². The van der Waals surface area contributed by atoms with Crippen LogP contribution in [-0.4, -0.2) is 40.9 Å². The normalized spacial score (nSPS) is 10.2. The van der Waals surface area contributed by atoms with Crippen LogP contribution in [0.2, 0.25) is 5.15 Å². The van der Waals surface area contributed by atoms with Crippen LogP contribution in [0.25, 0.3) is 0 Å². The predicted molar refractivity (Wildman–Crippen MR) is 68.3 cm³/mol. The number of rotatable bonds is 4. The van der Waals surface area contributed by atoms with E-state index in [2.05, 4.69) is 15.3 Å². The summed E-state index contributed by atoms with van der Waals surface area (Å²) >= 11 is 5.94. The molecule has 0 aromatic carbocycles. The third-order valence-electron chi connectivity index (χ3n) is 2.51. The van der Waals surface area contributed by atoms with Gasteiger partial charge in [-0.3, -0.25) is 4.79 Å². The Hall–Kier alpha value is -1.36. The van der Waals surface area contributed by atoms with Gasteiger partial charge in [-0.1, -0.05) is 11.6 Å². The summed E-state index contributed by atoms with van der Waals surface area (Å²) in [6, 6.07) is 0. The zero-order valence-electron chi connectivity index (χ0n) is 10.5. The largest absolute Gasteiger partial charge is 0.361 e. The number of aryl methyl sites for hydroxylation is 1. The molecule has 0 fully saturated rings. The number of nitrogens with zero attached hydrogens (tertiary/aromatic N) is 3. The maximum Gasteiger partial charge on any atom is 0.241 e. The van der Waals surface area contributed by atoms with Gasteiger partial charge in [0.1, 0.15) is 16.8 Å². The SMILES string of the molecule is CCN(C)C(=O)CNc1nc(C)nc(Cl)c1C. The molecule has 6 heteroatoms. The molecule has 0 spiro atoms. The van der Waals surface area contributed by atoms with Gasteiger partial charge in [-0.2, -0.15) is 0 Å². The van der Waals surface area contributed by atoms with E-state index in [1.165, 1.54) is 0 Å². The van der Waals surface area contributed by atoms with Crippen molar-refractivity contribution in [1.82, 2.24) is 14.9 Å². The fourth-order valence-corrected chi connectivity index (χ4v) is 1.45. The molecule has 0 radical (unpaired) electrons. The number of anilines is 1. The maximum atomic E-state index is 11.6. The Morgan fingerprint density at radius 1 is 1.41 bits per heavy atom. The molecule has 0 aliphatic rings. The molecule has 94 valence electrons. The molecule has 1 aromatic rings. The van der Waals surface area contributed by atoms with E-state index in [1.54, 1.807) is 18.9 Å². The zero-order valence-corrected chi connectivity index (χ0v) is 11.3. The van der Waals surface area contributed by atoms with Crippen LogP contribution in [0, 0.1) is 13.8 Å². The smallest absolute Gasteiger partial charge is 0.241 e. The number of likely N-dealkylation sites (N-methyl/N-ethyl adjacent to an activating group) is 1. The summed E-state index contributed by atoms with van der Waals surface area (Å²) in [7, 11) is 1.76. The third kappa shape index (κ3) is 3.56. The van der Waals surface area contributed by atoms with E-state index in [1.807, 2.05) is 13.8 Å². The highest BCUT2D eigenvalue weighted by atomic mass is 35.5. The Morgan fingerprint density at radius 2 is 2.06 bits per heavy atom. The Balaban J connectivity index is 2.73. The van der Waals surface area contributed by atoms with Gasteiger partial charge in [0.2, 0.25) is 5.91 Å². The average molecular weight is 257 g/mol. The van der Waals surface area contributed by atoms with Crippen LogP contribution in [0.5, 0.6) is 0 Å². The minimum absolute atomic E-state index is 0.0132. The lowest BCUT2D eigenvalue weighted by molar-refractivity contribution is -0.127. The van der Waals surface area contributed by atoms with E-state index in [0.717, 1.165) is 5.56 Å². The van der Waals surface area contributed by atoms with Gasteiger partial charge in [0.15, 0.2) is 0 Å². The van der Waals surface area contributed by atoms with E-state index in [9.17, 15) is 4.79 Å². The van der Waals surface area contributed by atoms with Gasteiger partial charge >= 0.3 is 0 Å². The van der Waals surface area contributed by atoms with Crippen molar-refractivity contribution in [3.8, 4) is 0 Å². The average Bonchev–Trinajstić information content (AvgIpc) is 2.30. The van der Waals surface area contributed by atoms with E-state index in [4.69, 9.17) is 11.6 Å². The van der Waals surface area contributed by atoms with Crippen molar-refractivity contribution in [1.29, 1.82) is 0 Å². The molecule has 17 heavy (non-hydrogen) atoms. The molecular formula is C11H17ClN4O. The van der Waals surface area contributed by atoms with Crippen molar-refractivity contribution < 1.29 is 4.79 Å². The lowest BCUT2D eigenvalue weighted by atomic mass is 10.3. The standard InChI is InChI=1S/C11H17ClN4O/c1-5-16(4)9(17)6-13-11-7(2)10(12)14-8(3)15-11/h5-6H2,1-4H3,(H,13,14,15). The summed E-state index contributed by atoms with van der Waals surface area (Å²) in [6.45, 7) is 6.39. The molecule has 0 bridgehead atoms. The Kier molecular flexibility index (Phi) is 4.69. The fourth-order valence-electron chi connectivity index (χ4n) is 1.24. The topological polar surface area (TPSA) is 58.1 Å². The summed E-state index contributed by atoms with van der Waals surface area (Å²) in [4.78, 5) is 21.5. The number of carbonyl (C=O) groups is 1. The molecule has 1 amide bonds. The first-order chi connectivity index (χ1) is 7.95. The molecule has 0 saturated heterocycles. The Morgan fingerprint density at radius 3 is 2.65 bits per heavy atom. The number of carbonyl (C=O) groups excluding carboxylic acids is 1. The molecule has 1 heterocycles. The van der Waals surface area contributed by atoms with E-state index in [-0.39, 0.29) is 12.5 Å². The van der Waals surface area contributed by atoms with Gasteiger partial charge in [0, 0.05) is 19.2 Å². The van der Waals surface area contributed by atoms with Gasteiger partial charge in [0.05, 0.1) is 6.54 Å². The number of amides is 1. The number of halogens is 1. The van der Waals surface area contributed by atoms with Crippen LogP contribution in [-0.2, 0) is 4.79 Å². The van der Waals surface area contributed by atoms with Crippen molar-refractivity contribution in [2.45, 2.75) is 20.8 Å². The quantitative estimate of drug-likeness (QED) is 0.832. The molecule has 0 saturated carbocycles. The lowest BCUT2D eigenvalue weighted by Gasteiger charge is -2.16. The van der Waals surface area contributed by atoms with Crippen LogP contribution in [0.1, 0.15) is 18.3 Å². The van der Waals surface area contributed by atoms with E-state index >= 15 is 0 Å². The summed E-state index contributed by atoms with van der Waals surface area (Å²) < 4.78 is 0. The Bertz CT molecular complexity index is 422. The molecule has 1 rings (SSSR count). The summed E-state index contributed by atoms with van der Waals surface area (Å²) in [5.41, 5.74) is 0.754. The molecular weight excluding hydrogens is 240 g/mol. The van der Waals surface area contributed by atoms with Crippen LogP contribution in [0.4, 0.5) is 5.82 Å². The van der Waals surface area contributed by atoms with Crippen LogP contribution in [0.3, 0.4) is 0 Å². The predicted octanol–water partition coefficient (Wildman–Crippen LogP) is 1.64. The van der Waals surface area contributed by atoms with Crippen molar-refractivity contribution in [2.24, 2.45) is 0 Å². The van der Waals surface area contributed by atoms with Crippen LogP contribution < -0.4 is 5.32 Å². The van der Waals surface area contributed by atoms with E-state index in [0.29, 0.717) is 23.3 Å². The second-order valence-corrected chi connectivity index (χ2v) is 4.15. The number of nitrogens with one attached hydrogen (secondary N) is 1. The van der Waals surface area contributed by atoms with Crippen molar-refractivity contribution in [2.75, 3.05) is 25.5 Å². The molecule has 1 aromatic heterocycles. The molecule has 0 unspecified atom stereocenters. The number of aromatic nitrogens is 2. The van der Waals surface area contributed by atoms with Crippen LogP contribution >= 0.6 is 11.6 Å². The first-order valence-electron chi connectivity index (χ1n) is 5.44. The highest BCUT2D eigenvalue weighted by Crippen LogP contribution is 2.19. The fraction of sp³-hybridized carbons (Fsp3) is 0.545. The summed E-state index contributed by atoms with van der Waals surface area (Å²) in [5, 5.41) is 3.40. The number of hydrogen-bond acceptors (Lipinski definition) is 4. The van der Waals surface area contributed by atoms with Crippen molar-refractivity contribution in [3.05, 3.63) is 16.5 Å². The zero-order chi connectivity index (χ0) is 13.0. The molecule has 0 aliphatic heterocycles. The van der Waals surface area contributed by atoms with E-state index < -0.39 is 0 Å². The van der Waals surface area contributed by atoms with Gasteiger partial charge in [-0.15, -0.1) is 0 Å². The van der Waals surface area contributed by atoms with Crippen molar-refractivity contribution >= 4 is 23.3 Å². The highest BCUT2D eigenvalue weighted by molar-refractivity contribution is 6.30. The van der Waals surface area contributed by atoms with Crippen molar-refractivity contribution in [3.63, 3.8) is 0 Å². The second kappa shape index (κ2) is 5.82. The summed E-state index contributed by atoms with van der Waals surface area (Å²) in [6.07, 6.45) is 0. The maximum absolute atomic E-state index is 11.6. The second-order valence-electron chi connectivity index (χ2n) is 3.80. The minimum atomic E-state index is 0.0132. The monoisotopic (exact) mass is 256 g/mol. The van der Waals surface area contributed by atoms with Gasteiger partial charge in [0.25, 0.3) is 0 Å². The lowest BCUT2D eigenvalue weighted by Crippen LogP contribution is -2.32. The molecule has 0 atom stereocenters. The first kappa shape index (κ1) is 13.7. The Labute approximate surface area is 106 Å². The third-order valence-corrected chi connectivity index (χ3v) is 2.87. The molecule has 5 nitrogen and oxygen atoms in total. The molecule has 1 N–H and O–H groups in total. The van der Waals surface area contributed by atoms with Gasteiger partial charge in [-0.25, -0.2) is 9.97 Å². The minimum Gasteiger partial charge on any atom is -0.361 e. The first-order valence-corrected chi connectivity index (χ1v) is 5.82. The van der Waals surface area contributed by atoms with Crippen LogP contribution in [0.15, 0.2) is 0 Å². The highest BCUT2D eigenvalue weighted by Gasteiger charge is 2.10. The number of hydrogen-bond donors (Lipinski definition) is 1. The summed E-state index contributed by atoms with van der Waals surface area (Å²) in [5.74, 6) is 1.21.